The van der Waals surface area contributed by atoms with Gasteiger partial charge >= 0.3 is 0 Å². The maximum absolute atomic E-state index is 5.87. The topological polar surface area (TPSA) is 38.1 Å². The number of benzene rings is 1. The van der Waals surface area contributed by atoms with Crippen LogP contribution < -0.4 is 5.32 Å². The third-order valence-electron chi connectivity index (χ3n) is 3.16. The number of aromatic nitrogens is 1. The number of hydrogen-bond donors (Lipinski definition) is 1. The third-order valence-corrected chi connectivity index (χ3v) is 3.86. The molecule has 0 aliphatic heterocycles. The van der Waals surface area contributed by atoms with E-state index in [2.05, 4.69) is 66.1 Å². The zero-order chi connectivity index (χ0) is 15.5. The van der Waals surface area contributed by atoms with Gasteiger partial charge in [0.25, 0.3) is 0 Å². The van der Waals surface area contributed by atoms with Crippen molar-refractivity contribution in [2.75, 3.05) is 6.54 Å². The highest BCUT2D eigenvalue weighted by molar-refractivity contribution is 9.10. The van der Waals surface area contributed by atoms with Crippen molar-refractivity contribution in [3.05, 3.63) is 40.3 Å². The highest BCUT2D eigenvalue weighted by Crippen LogP contribution is 2.29. The van der Waals surface area contributed by atoms with Crippen LogP contribution in [0.3, 0.4) is 0 Å². The van der Waals surface area contributed by atoms with E-state index in [1.165, 1.54) is 5.56 Å². The van der Waals surface area contributed by atoms with Gasteiger partial charge in [-0.05, 0) is 52.8 Å². The highest BCUT2D eigenvalue weighted by atomic mass is 79.9. The number of rotatable bonds is 5. The van der Waals surface area contributed by atoms with E-state index in [0.717, 1.165) is 41.1 Å². The lowest BCUT2D eigenvalue weighted by Crippen LogP contribution is -2.36. The SMILES string of the molecule is Cc1ccc(Br)c(-c2cnc(CCCNC(C)(C)C)o2)c1. The van der Waals surface area contributed by atoms with E-state index in [-0.39, 0.29) is 5.54 Å². The van der Waals surface area contributed by atoms with Gasteiger partial charge in [-0.1, -0.05) is 27.6 Å². The molecule has 1 N–H and O–H groups in total. The zero-order valence-electron chi connectivity index (χ0n) is 13.2. The minimum atomic E-state index is 0.161. The van der Waals surface area contributed by atoms with Crippen molar-refractivity contribution < 1.29 is 4.42 Å². The van der Waals surface area contributed by atoms with E-state index in [4.69, 9.17) is 4.42 Å². The minimum Gasteiger partial charge on any atom is -0.441 e. The molecule has 21 heavy (non-hydrogen) atoms. The van der Waals surface area contributed by atoms with E-state index < -0.39 is 0 Å². The van der Waals surface area contributed by atoms with Crippen LogP contribution in [0.4, 0.5) is 0 Å². The summed E-state index contributed by atoms with van der Waals surface area (Å²) in [6.45, 7) is 9.56. The Bertz CT molecular complexity index is 599. The summed E-state index contributed by atoms with van der Waals surface area (Å²) >= 11 is 3.56. The average molecular weight is 351 g/mol. The van der Waals surface area contributed by atoms with Gasteiger partial charge in [0.1, 0.15) is 0 Å². The van der Waals surface area contributed by atoms with Crippen LogP contribution in [0.2, 0.25) is 0 Å². The molecule has 0 bridgehead atoms. The molecule has 0 unspecified atom stereocenters. The molecule has 0 saturated carbocycles. The molecule has 0 fully saturated rings. The van der Waals surface area contributed by atoms with Gasteiger partial charge in [0.15, 0.2) is 11.7 Å². The Morgan fingerprint density at radius 3 is 2.76 bits per heavy atom. The maximum atomic E-state index is 5.87. The van der Waals surface area contributed by atoms with Crippen LogP contribution >= 0.6 is 15.9 Å². The van der Waals surface area contributed by atoms with Crippen LogP contribution in [0.1, 0.15) is 38.6 Å². The van der Waals surface area contributed by atoms with Gasteiger partial charge in [0.05, 0.1) is 6.20 Å². The molecule has 0 amide bonds. The molecular weight excluding hydrogens is 328 g/mol. The summed E-state index contributed by atoms with van der Waals surface area (Å²) in [5.41, 5.74) is 2.43. The molecule has 0 saturated heterocycles. The van der Waals surface area contributed by atoms with Crippen molar-refractivity contribution in [2.45, 2.75) is 46.1 Å². The Kier molecular flexibility index (Phi) is 5.22. The van der Waals surface area contributed by atoms with Crippen LogP contribution in [0.25, 0.3) is 11.3 Å². The van der Waals surface area contributed by atoms with E-state index in [1.54, 1.807) is 0 Å². The summed E-state index contributed by atoms with van der Waals surface area (Å²) in [4.78, 5) is 4.38. The lowest BCUT2D eigenvalue weighted by Gasteiger charge is -2.20. The van der Waals surface area contributed by atoms with Crippen LogP contribution in [0.15, 0.2) is 33.3 Å². The van der Waals surface area contributed by atoms with Gasteiger partial charge in [-0.25, -0.2) is 4.98 Å². The zero-order valence-corrected chi connectivity index (χ0v) is 14.8. The van der Waals surface area contributed by atoms with Crippen molar-refractivity contribution in [3.63, 3.8) is 0 Å². The summed E-state index contributed by atoms with van der Waals surface area (Å²) in [7, 11) is 0. The molecule has 2 rings (SSSR count). The number of aryl methyl sites for hydroxylation is 2. The smallest absolute Gasteiger partial charge is 0.194 e. The Morgan fingerprint density at radius 2 is 2.05 bits per heavy atom. The summed E-state index contributed by atoms with van der Waals surface area (Å²) < 4.78 is 6.90. The fraction of sp³-hybridized carbons (Fsp3) is 0.471. The van der Waals surface area contributed by atoms with E-state index in [1.807, 2.05) is 12.3 Å². The van der Waals surface area contributed by atoms with E-state index in [0.29, 0.717) is 0 Å². The second-order valence-corrected chi connectivity index (χ2v) is 7.24. The van der Waals surface area contributed by atoms with E-state index >= 15 is 0 Å². The summed E-state index contributed by atoms with van der Waals surface area (Å²) in [6.07, 6.45) is 3.69. The van der Waals surface area contributed by atoms with Gasteiger partial charge < -0.3 is 9.73 Å². The van der Waals surface area contributed by atoms with Crippen molar-refractivity contribution in [2.24, 2.45) is 0 Å². The first-order valence-electron chi connectivity index (χ1n) is 7.31. The third kappa shape index (κ3) is 4.97. The summed E-state index contributed by atoms with van der Waals surface area (Å²) in [5, 5.41) is 3.47. The number of halogens is 1. The quantitative estimate of drug-likeness (QED) is 0.791. The normalized spacial score (nSPS) is 11.9. The number of oxazole rings is 1. The second kappa shape index (κ2) is 6.75. The van der Waals surface area contributed by atoms with Crippen molar-refractivity contribution >= 4 is 15.9 Å². The van der Waals surface area contributed by atoms with Gasteiger partial charge in [-0.2, -0.15) is 0 Å². The molecule has 1 aromatic carbocycles. The molecule has 1 heterocycles. The standard InChI is InChI=1S/C17H23BrN2O/c1-12-7-8-14(18)13(10-12)15-11-19-16(21-15)6-5-9-20-17(2,3)4/h7-8,10-11,20H,5-6,9H2,1-4H3. The molecule has 114 valence electrons. The maximum Gasteiger partial charge on any atom is 0.194 e. The molecule has 0 aliphatic rings. The Labute approximate surface area is 135 Å². The van der Waals surface area contributed by atoms with Crippen LogP contribution in [-0.2, 0) is 6.42 Å². The number of nitrogens with one attached hydrogen (secondary N) is 1. The lowest BCUT2D eigenvalue weighted by molar-refractivity contribution is 0.412. The van der Waals surface area contributed by atoms with Crippen molar-refractivity contribution in [1.82, 2.24) is 10.3 Å². The summed E-state index contributed by atoms with van der Waals surface area (Å²) in [5.74, 6) is 1.62. The molecule has 0 radical (unpaired) electrons. The number of nitrogens with zero attached hydrogens (tertiary/aromatic N) is 1. The van der Waals surface area contributed by atoms with Crippen LogP contribution in [0.5, 0.6) is 0 Å². The largest absolute Gasteiger partial charge is 0.441 e. The predicted octanol–water partition coefficient (Wildman–Crippen LogP) is 4.73. The molecule has 0 spiro atoms. The number of hydrogen-bond acceptors (Lipinski definition) is 3. The molecule has 1 aromatic heterocycles. The molecule has 4 heteroatoms. The minimum absolute atomic E-state index is 0.161. The molecule has 3 nitrogen and oxygen atoms in total. The lowest BCUT2D eigenvalue weighted by atomic mass is 10.1. The first-order valence-corrected chi connectivity index (χ1v) is 8.11. The highest BCUT2D eigenvalue weighted by Gasteiger charge is 2.11. The Hall–Kier alpha value is -1.13. The molecule has 2 aromatic rings. The van der Waals surface area contributed by atoms with Gasteiger partial charge in [0, 0.05) is 22.0 Å². The van der Waals surface area contributed by atoms with Crippen LogP contribution in [-0.4, -0.2) is 17.1 Å². The van der Waals surface area contributed by atoms with E-state index in [9.17, 15) is 0 Å². The molecule has 0 atom stereocenters. The summed E-state index contributed by atoms with van der Waals surface area (Å²) in [6, 6.07) is 6.22. The van der Waals surface area contributed by atoms with Crippen LogP contribution in [0, 0.1) is 6.92 Å². The predicted molar refractivity (Wildman–Crippen MR) is 90.5 cm³/mol. The van der Waals surface area contributed by atoms with Crippen molar-refractivity contribution in [1.29, 1.82) is 0 Å². The monoisotopic (exact) mass is 350 g/mol. The average Bonchev–Trinajstić information content (AvgIpc) is 2.85. The van der Waals surface area contributed by atoms with Crippen molar-refractivity contribution in [3.8, 4) is 11.3 Å². The van der Waals surface area contributed by atoms with Gasteiger partial charge in [-0.15, -0.1) is 0 Å². The molecule has 0 aliphatic carbocycles. The van der Waals surface area contributed by atoms with Gasteiger partial charge in [0.2, 0.25) is 0 Å². The first-order chi connectivity index (χ1) is 9.85. The molecular formula is C17H23BrN2O. The fourth-order valence-corrected chi connectivity index (χ4v) is 2.52. The fourth-order valence-electron chi connectivity index (χ4n) is 2.08. The first kappa shape index (κ1) is 16.2. The Balaban J connectivity index is 1.97. The second-order valence-electron chi connectivity index (χ2n) is 6.38. The Morgan fingerprint density at radius 1 is 1.29 bits per heavy atom. The van der Waals surface area contributed by atoms with Gasteiger partial charge in [-0.3, -0.25) is 0 Å².